The minimum atomic E-state index is -0.992. The van der Waals surface area contributed by atoms with Crippen LogP contribution in [0.4, 0.5) is 5.82 Å². The second kappa shape index (κ2) is 6.36. The van der Waals surface area contributed by atoms with Gasteiger partial charge in [-0.15, -0.1) is 0 Å². The van der Waals surface area contributed by atoms with Crippen LogP contribution in [0.15, 0.2) is 18.2 Å². The Labute approximate surface area is 135 Å². The van der Waals surface area contributed by atoms with E-state index in [-0.39, 0.29) is 5.69 Å². The average molecular weight is 315 g/mol. The molecule has 1 fully saturated rings. The van der Waals surface area contributed by atoms with Gasteiger partial charge >= 0.3 is 5.97 Å². The number of carboxylic acid groups (broad SMARTS) is 1. The first kappa shape index (κ1) is 15.5. The Kier molecular flexibility index (Phi) is 4.27. The highest BCUT2D eigenvalue weighted by Gasteiger charge is 2.23. The van der Waals surface area contributed by atoms with E-state index in [2.05, 4.69) is 20.0 Å². The summed E-state index contributed by atoms with van der Waals surface area (Å²) < 4.78 is 1.96. The topological polar surface area (TPSA) is 84.1 Å². The summed E-state index contributed by atoms with van der Waals surface area (Å²) in [5, 5.41) is 13.5. The summed E-state index contributed by atoms with van der Waals surface area (Å²) in [6, 6.07) is 5.15. The maximum atomic E-state index is 11.1. The van der Waals surface area contributed by atoms with E-state index in [1.165, 1.54) is 6.07 Å². The molecule has 7 heteroatoms. The summed E-state index contributed by atoms with van der Waals surface area (Å²) in [5.41, 5.74) is 0.0902. The van der Waals surface area contributed by atoms with Crippen molar-refractivity contribution in [1.82, 2.24) is 19.7 Å². The number of aromatic nitrogens is 4. The highest BCUT2D eigenvalue weighted by atomic mass is 16.4. The number of aryl methyl sites for hydroxylation is 2. The molecule has 1 saturated heterocycles. The van der Waals surface area contributed by atoms with Gasteiger partial charge in [-0.2, -0.15) is 5.10 Å². The van der Waals surface area contributed by atoms with Crippen molar-refractivity contribution < 1.29 is 9.90 Å². The number of rotatable bonds is 4. The van der Waals surface area contributed by atoms with Gasteiger partial charge in [-0.1, -0.05) is 6.07 Å². The summed E-state index contributed by atoms with van der Waals surface area (Å²) in [7, 11) is 0. The molecule has 0 amide bonds. The lowest BCUT2D eigenvalue weighted by Crippen LogP contribution is -2.38. The van der Waals surface area contributed by atoms with E-state index in [0.29, 0.717) is 5.92 Å². The van der Waals surface area contributed by atoms with Gasteiger partial charge in [0.25, 0.3) is 0 Å². The summed E-state index contributed by atoms with van der Waals surface area (Å²) >= 11 is 0. The molecule has 1 aliphatic heterocycles. The minimum absolute atomic E-state index is 0.0902. The lowest BCUT2D eigenvalue weighted by atomic mass is 9.98. The van der Waals surface area contributed by atoms with Gasteiger partial charge in [0.1, 0.15) is 17.5 Å². The predicted octanol–water partition coefficient (Wildman–Crippen LogP) is 1.90. The molecular weight excluding hydrogens is 294 g/mol. The van der Waals surface area contributed by atoms with Crippen molar-refractivity contribution in [1.29, 1.82) is 0 Å². The number of aromatic carboxylic acids is 1. The molecule has 2 aromatic rings. The lowest BCUT2D eigenvalue weighted by molar-refractivity contribution is 0.0690. The molecule has 0 aliphatic carbocycles. The molecule has 1 aliphatic rings. The molecule has 1 N–H and O–H groups in total. The summed E-state index contributed by atoms with van der Waals surface area (Å²) in [4.78, 5) is 21.8. The second-order valence-corrected chi connectivity index (χ2v) is 6.03. The minimum Gasteiger partial charge on any atom is -0.477 e. The van der Waals surface area contributed by atoms with Gasteiger partial charge in [0, 0.05) is 19.6 Å². The average Bonchev–Trinajstić information content (AvgIpc) is 2.85. The zero-order chi connectivity index (χ0) is 16.4. The van der Waals surface area contributed by atoms with Crippen molar-refractivity contribution >= 4 is 11.8 Å². The molecule has 3 rings (SSSR count). The van der Waals surface area contributed by atoms with Gasteiger partial charge in [0.15, 0.2) is 5.69 Å². The fourth-order valence-corrected chi connectivity index (χ4v) is 3.12. The number of hydrogen-bond donors (Lipinski definition) is 1. The van der Waals surface area contributed by atoms with Crippen LogP contribution in [-0.4, -0.2) is 43.9 Å². The predicted molar refractivity (Wildman–Crippen MR) is 85.6 cm³/mol. The van der Waals surface area contributed by atoms with Gasteiger partial charge in [-0.05, 0) is 44.7 Å². The van der Waals surface area contributed by atoms with Crippen molar-refractivity contribution in [2.45, 2.75) is 33.2 Å². The summed E-state index contributed by atoms with van der Waals surface area (Å²) in [6.07, 6.45) is 2.20. The SMILES string of the molecule is Cc1nc(C)n(CC2CCCN(c3cccc(C(=O)O)n3)C2)n1. The monoisotopic (exact) mass is 315 g/mol. The molecule has 2 aromatic heterocycles. The largest absolute Gasteiger partial charge is 0.477 e. The van der Waals surface area contributed by atoms with Crippen LogP contribution in [0.2, 0.25) is 0 Å². The van der Waals surface area contributed by atoms with Crippen molar-refractivity contribution in [3.63, 3.8) is 0 Å². The Hall–Kier alpha value is -2.44. The van der Waals surface area contributed by atoms with Gasteiger partial charge in [0.2, 0.25) is 0 Å². The summed E-state index contributed by atoms with van der Waals surface area (Å²) in [6.45, 7) is 6.47. The molecule has 0 spiro atoms. The van der Waals surface area contributed by atoms with E-state index in [9.17, 15) is 4.79 Å². The third-order valence-corrected chi connectivity index (χ3v) is 4.19. The lowest BCUT2D eigenvalue weighted by Gasteiger charge is -2.33. The maximum Gasteiger partial charge on any atom is 0.354 e. The fourth-order valence-electron chi connectivity index (χ4n) is 3.12. The number of pyridine rings is 1. The Morgan fingerprint density at radius 2 is 2.17 bits per heavy atom. The van der Waals surface area contributed by atoms with Crippen LogP contribution in [-0.2, 0) is 6.54 Å². The Bertz CT molecular complexity index is 712. The van der Waals surface area contributed by atoms with E-state index in [0.717, 1.165) is 49.9 Å². The molecular formula is C16H21N5O2. The molecule has 122 valence electrons. The molecule has 0 radical (unpaired) electrons. The maximum absolute atomic E-state index is 11.1. The number of anilines is 1. The van der Waals surface area contributed by atoms with Crippen LogP contribution < -0.4 is 4.90 Å². The van der Waals surface area contributed by atoms with Crippen LogP contribution in [0, 0.1) is 19.8 Å². The quantitative estimate of drug-likeness (QED) is 0.927. The zero-order valence-corrected chi connectivity index (χ0v) is 13.4. The highest BCUT2D eigenvalue weighted by Crippen LogP contribution is 2.23. The molecule has 0 aromatic carbocycles. The van der Waals surface area contributed by atoms with Crippen LogP contribution in [0.1, 0.15) is 35.0 Å². The van der Waals surface area contributed by atoms with Crippen molar-refractivity contribution in [3.8, 4) is 0 Å². The number of hydrogen-bond acceptors (Lipinski definition) is 5. The van der Waals surface area contributed by atoms with Crippen LogP contribution >= 0.6 is 0 Å². The number of nitrogens with zero attached hydrogens (tertiary/aromatic N) is 5. The van der Waals surface area contributed by atoms with E-state index in [1.54, 1.807) is 6.07 Å². The van der Waals surface area contributed by atoms with E-state index >= 15 is 0 Å². The molecule has 3 heterocycles. The van der Waals surface area contributed by atoms with Gasteiger partial charge in [-0.25, -0.2) is 19.4 Å². The number of carboxylic acids is 1. The third kappa shape index (κ3) is 3.49. The van der Waals surface area contributed by atoms with Crippen LogP contribution in [0.3, 0.4) is 0 Å². The molecule has 0 saturated carbocycles. The van der Waals surface area contributed by atoms with Gasteiger partial charge < -0.3 is 10.0 Å². The molecule has 1 atom stereocenters. The first-order chi connectivity index (χ1) is 11.0. The van der Waals surface area contributed by atoms with Crippen LogP contribution in [0.5, 0.6) is 0 Å². The van der Waals surface area contributed by atoms with E-state index < -0.39 is 5.97 Å². The smallest absolute Gasteiger partial charge is 0.354 e. The molecule has 7 nitrogen and oxygen atoms in total. The Morgan fingerprint density at radius 1 is 1.35 bits per heavy atom. The zero-order valence-electron chi connectivity index (χ0n) is 13.4. The first-order valence-electron chi connectivity index (χ1n) is 7.86. The van der Waals surface area contributed by atoms with Crippen molar-refractivity contribution in [2.75, 3.05) is 18.0 Å². The Balaban J connectivity index is 1.72. The Morgan fingerprint density at radius 3 is 2.87 bits per heavy atom. The molecule has 23 heavy (non-hydrogen) atoms. The van der Waals surface area contributed by atoms with Crippen LogP contribution in [0.25, 0.3) is 0 Å². The van der Waals surface area contributed by atoms with E-state index in [4.69, 9.17) is 5.11 Å². The van der Waals surface area contributed by atoms with Gasteiger partial charge in [-0.3, -0.25) is 0 Å². The number of carbonyl (C=O) groups is 1. The first-order valence-corrected chi connectivity index (χ1v) is 7.86. The second-order valence-electron chi connectivity index (χ2n) is 6.03. The van der Waals surface area contributed by atoms with Gasteiger partial charge in [0.05, 0.1) is 0 Å². The highest BCUT2D eigenvalue weighted by molar-refractivity contribution is 5.85. The van der Waals surface area contributed by atoms with E-state index in [1.807, 2.05) is 24.6 Å². The summed E-state index contributed by atoms with van der Waals surface area (Å²) in [5.74, 6) is 1.94. The fraction of sp³-hybridized carbons (Fsp3) is 0.500. The molecule has 1 unspecified atom stereocenters. The van der Waals surface area contributed by atoms with Crippen molar-refractivity contribution in [2.24, 2.45) is 5.92 Å². The number of piperidine rings is 1. The normalized spacial score (nSPS) is 18.2. The molecule has 0 bridgehead atoms. The third-order valence-electron chi connectivity index (χ3n) is 4.19. The van der Waals surface area contributed by atoms with Crippen molar-refractivity contribution in [3.05, 3.63) is 35.5 Å². The standard InChI is InChI=1S/C16H21N5O2/c1-11-17-12(2)21(19-11)10-13-5-4-8-20(9-13)15-7-3-6-14(18-15)16(22)23/h3,6-7,13H,4-5,8-10H2,1-2H3,(H,22,23).